The number of pyridine rings is 1. The molecule has 2 heterocycles. The predicted molar refractivity (Wildman–Crippen MR) is 151 cm³/mol. The largest absolute Gasteiger partial charge is 0.497 e. The van der Waals surface area contributed by atoms with Crippen LogP contribution in [0, 0.1) is 5.92 Å². The van der Waals surface area contributed by atoms with Crippen LogP contribution in [0.1, 0.15) is 33.2 Å². The van der Waals surface area contributed by atoms with Crippen LogP contribution in [-0.2, 0) is 5.41 Å². The molecule has 6 aromatic rings. The first-order chi connectivity index (χ1) is 19.2. The first-order valence-electron chi connectivity index (χ1n) is 13.1. The third-order valence-corrected chi connectivity index (χ3v) is 8.39. The van der Waals surface area contributed by atoms with E-state index >= 15 is 0 Å². The van der Waals surface area contributed by atoms with E-state index in [-0.39, 0.29) is 17.6 Å². The maximum absolute atomic E-state index is 14.4. The molecule has 0 unspecified atom stereocenters. The second kappa shape index (κ2) is 8.05. The SMILES string of the molecule is COc1ccc(C(=O)[C@@H]2[C@@H](c3ccc4ccccc4n3)[C@@]23c2ccccc2-c2nc4ccccc4nc23)cc1. The van der Waals surface area contributed by atoms with Crippen LogP contribution in [0.3, 0.4) is 0 Å². The van der Waals surface area contributed by atoms with E-state index < -0.39 is 5.41 Å². The molecule has 5 heteroatoms. The molecule has 0 bridgehead atoms. The van der Waals surface area contributed by atoms with Crippen LogP contribution >= 0.6 is 0 Å². The quantitative estimate of drug-likeness (QED) is 0.248. The molecule has 1 fully saturated rings. The van der Waals surface area contributed by atoms with Gasteiger partial charge in [0.25, 0.3) is 0 Å². The molecule has 4 aromatic carbocycles. The lowest BCUT2D eigenvalue weighted by atomic mass is 9.89. The Morgan fingerprint density at radius 2 is 1.41 bits per heavy atom. The smallest absolute Gasteiger partial charge is 0.167 e. The number of carbonyl (C=O) groups excluding carboxylic acids is 1. The molecule has 186 valence electrons. The first kappa shape index (κ1) is 22.1. The molecular weight excluding hydrogens is 482 g/mol. The Morgan fingerprint density at radius 3 is 2.21 bits per heavy atom. The van der Waals surface area contributed by atoms with Gasteiger partial charge in [-0.2, -0.15) is 0 Å². The molecule has 39 heavy (non-hydrogen) atoms. The van der Waals surface area contributed by atoms with Crippen molar-refractivity contribution >= 4 is 27.7 Å². The van der Waals surface area contributed by atoms with Gasteiger partial charge in [0.1, 0.15) is 5.75 Å². The van der Waals surface area contributed by atoms with E-state index in [2.05, 4.69) is 30.3 Å². The molecule has 1 saturated carbocycles. The van der Waals surface area contributed by atoms with E-state index in [1.54, 1.807) is 7.11 Å². The van der Waals surface area contributed by atoms with Crippen LogP contribution in [0.25, 0.3) is 33.2 Å². The van der Waals surface area contributed by atoms with Gasteiger partial charge in [-0.1, -0.05) is 60.7 Å². The monoisotopic (exact) mass is 505 g/mol. The van der Waals surface area contributed by atoms with Gasteiger partial charge >= 0.3 is 0 Å². The molecule has 0 aliphatic heterocycles. The van der Waals surface area contributed by atoms with Crippen molar-refractivity contribution in [3.8, 4) is 17.0 Å². The number of benzene rings is 4. The van der Waals surface area contributed by atoms with Crippen LogP contribution in [0.4, 0.5) is 0 Å². The number of para-hydroxylation sites is 3. The van der Waals surface area contributed by atoms with Gasteiger partial charge in [-0.3, -0.25) is 9.78 Å². The molecule has 3 atom stereocenters. The van der Waals surface area contributed by atoms with E-state index in [4.69, 9.17) is 19.7 Å². The number of hydrogen-bond donors (Lipinski definition) is 0. The number of hydrogen-bond acceptors (Lipinski definition) is 5. The standard InChI is InChI=1S/C34H23N3O2/c1-39-22-17-14-21(15-18-22)32(38)30-29(28-19-16-20-8-2-5-11-25(20)35-28)34(30)24-10-4-3-9-23(24)31-33(34)37-27-13-7-6-12-26(27)36-31/h2-19,29-30H,1H3/t29-,30+,34+/m1/s1. The van der Waals surface area contributed by atoms with Gasteiger partial charge < -0.3 is 4.74 Å². The third-order valence-electron chi connectivity index (χ3n) is 8.39. The summed E-state index contributed by atoms with van der Waals surface area (Å²) in [5, 5.41) is 1.08. The summed E-state index contributed by atoms with van der Waals surface area (Å²) in [6.07, 6.45) is 0. The summed E-state index contributed by atoms with van der Waals surface area (Å²) in [5.74, 6) is 0.265. The van der Waals surface area contributed by atoms with Crippen molar-refractivity contribution in [1.82, 2.24) is 15.0 Å². The van der Waals surface area contributed by atoms with Crippen LogP contribution in [0.5, 0.6) is 5.75 Å². The van der Waals surface area contributed by atoms with Crippen molar-refractivity contribution in [3.63, 3.8) is 0 Å². The average molecular weight is 506 g/mol. The summed E-state index contributed by atoms with van der Waals surface area (Å²) in [6, 6.07) is 35.9. The number of ether oxygens (including phenoxy) is 1. The number of Topliss-reactive ketones (excluding diaryl/α,β-unsaturated/α-hetero) is 1. The van der Waals surface area contributed by atoms with E-state index in [0.717, 1.165) is 55.9 Å². The van der Waals surface area contributed by atoms with Gasteiger partial charge in [-0.25, -0.2) is 9.97 Å². The predicted octanol–water partition coefficient (Wildman–Crippen LogP) is 6.75. The van der Waals surface area contributed by atoms with Crippen molar-refractivity contribution in [2.24, 2.45) is 5.92 Å². The van der Waals surface area contributed by atoms with Gasteiger partial charge in [0.2, 0.25) is 0 Å². The summed E-state index contributed by atoms with van der Waals surface area (Å²) >= 11 is 0. The fraction of sp³-hybridized carbons (Fsp3) is 0.118. The van der Waals surface area contributed by atoms with Crippen molar-refractivity contribution in [1.29, 1.82) is 0 Å². The van der Waals surface area contributed by atoms with E-state index in [1.807, 2.05) is 78.9 Å². The average Bonchev–Trinajstić information content (AvgIpc) is 3.62. The summed E-state index contributed by atoms with van der Waals surface area (Å²) in [4.78, 5) is 29.8. The molecule has 5 nitrogen and oxygen atoms in total. The van der Waals surface area contributed by atoms with Gasteiger partial charge in [0.05, 0.1) is 40.5 Å². The first-order valence-corrected chi connectivity index (χ1v) is 13.1. The molecular formula is C34H23N3O2. The highest BCUT2D eigenvalue weighted by Gasteiger charge is 2.74. The fourth-order valence-corrected chi connectivity index (χ4v) is 6.62. The van der Waals surface area contributed by atoms with E-state index in [9.17, 15) is 4.79 Å². The zero-order valence-electron chi connectivity index (χ0n) is 21.2. The fourth-order valence-electron chi connectivity index (χ4n) is 6.62. The van der Waals surface area contributed by atoms with Crippen molar-refractivity contribution in [2.45, 2.75) is 11.3 Å². The number of carbonyl (C=O) groups is 1. The minimum atomic E-state index is -0.643. The zero-order valence-corrected chi connectivity index (χ0v) is 21.2. The molecule has 2 aromatic heterocycles. The molecule has 0 saturated heterocycles. The molecule has 2 aliphatic carbocycles. The molecule has 1 spiro atoms. The van der Waals surface area contributed by atoms with Crippen LogP contribution in [0.2, 0.25) is 0 Å². The molecule has 0 N–H and O–H groups in total. The molecule has 0 amide bonds. The highest BCUT2D eigenvalue weighted by molar-refractivity contribution is 6.05. The minimum absolute atomic E-state index is 0.0789. The summed E-state index contributed by atoms with van der Waals surface area (Å²) in [6.45, 7) is 0. The number of rotatable bonds is 4. The zero-order chi connectivity index (χ0) is 26.1. The van der Waals surface area contributed by atoms with Crippen molar-refractivity contribution in [2.75, 3.05) is 7.11 Å². The number of ketones is 1. The summed E-state index contributed by atoms with van der Waals surface area (Å²) in [7, 11) is 1.63. The lowest BCUT2D eigenvalue weighted by Crippen LogP contribution is -2.16. The lowest BCUT2D eigenvalue weighted by molar-refractivity contribution is 0.0958. The van der Waals surface area contributed by atoms with Gasteiger partial charge in [0, 0.05) is 34.0 Å². The van der Waals surface area contributed by atoms with Crippen molar-refractivity contribution < 1.29 is 9.53 Å². The lowest BCUT2D eigenvalue weighted by Gasteiger charge is -2.14. The minimum Gasteiger partial charge on any atom is -0.497 e. The number of nitrogens with zero attached hydrogens (tertiary/aromatic N) is 3. The van der Waals surface area contributed by atoms with Gasteiger partial charge in [0.15, 0.2) is 5.78 Å². The van der Waals surface area contributed by atoms with Crippen molar-refractivity contribution in [3.05, 3.63) is 132 Å². The molecule has 0 radical (unpaired) electrons. The second-order valence-corrected chi connectivity index (χ2v) is 10.3. The maximum Gasteiger partial charge on any atom is 0.167 e. The van der Waals surface area contributed by atoms with Crippen LogP contribution in [0.15, 0.2) is 109 Å². The third kappa shape index (κ3) is 3.01. The molecule has 2 aliphatic rings. The normalized spacial score (nSPS) is 20.6. The van der Waals surface area contributed by atoms with Crippen LogP contribution < -0.4 is 4.74 Å². The van der Waals surface area contributed by atoms with Gasteiger partial charge in [-0.05, 0) is 54.1 Å². The second-order valence-electron chi connectivity index (χ2n) is 10.3. The van der Waals surface area contributed by atoms with Gasteiger partial charge in [-0.15, -0.1) is 0 Å². The summed E-state index contributed by atoms with van der Waals surface area (Å²) < 4.78 is 5.34. The number of fused-ring (bicyclic) bond motifs is 7. The molecule has 8 rings (SSSR count). The Morgan fingerprint density at radius 1 is 0.718 bits per heavy atom. The number of aromatic nitrogens is 3. The Bertz CT molecular complexity index is 1950. The topological polar surface area (TPSA) is 65.0 Å². The Hall–Kier alpha value is -4.90. The Kier molecular flexibility index (Phi) is 4.56. The highest BCUT2D eigenvalue weighted by Crippen LogP contribution is 2.74. The Balaban J connectivity index is 1.39. The number of methoxy groups -OCH3 is 1. The summed E-state index contributed by atoms with van der Waals surface area (Å²) in [5.41, 5.74) is 7.39. The highest BCUT2D eigenvalue weighted by atomic mass is 16.5. The maximum atomic E-state index is 14.4. The van der Waals surface area contributed by atoms with E-state index in [0.29, 0.717) is 5.56 Å². The van der Waals surface area contributed by atoms with E-state index in [1.165, 1.54) is 0 Å². The van der Waals surface area contributed by atoms with Crippen LogP contribution in [-0.4, -0.2) is 27.8 Å². The Labute approximate surface area is 225 Å².